The van der Waals surface area contributed by atoms with E-state index in [1.54, 1.807) is 26.4 Å². The number of hydrogen-bond acceptors (Lipinski definition) is 4. The van der Waals surface area contributed by atoms with E-state index in [1.165, 1.54) is 0 Å². The van der Waals surface area contributed by atoms with Gasteiger partial charge in [-0.2, -0.15) is 0 Å². The second kappa shape index (κ2) is 8.75. The molecule has 4 rings (SSSR count). The van der Waals surface area contributed by atoms with Gasteiger partial charge in [0, 0.05) is 22.5 Å². The van der Waals surface area contributed by atoms with Crippen molar-refractivity contribution in [2.24, 2.45) is 0 Å². The van der Waals surface area contributed by atoms with Gasteiger partial charge in [0.15, 0.2) is 11.6 Å². The van der Waals surface area contributed by atoms with Gasteiger partial charge in [0.05, 0.1) is 32.0 Å². The summed E-state index contributed by atoms with van der Waals surface area (Å²) in [6.45, 7) is 0. The molecule has 0 atom stereocenters. The van der Waals surface area contributed by atoms with Crippen LogP contribution in [-0.4, -0.2) is 35.8 Å². The maximum absolute atomic E-state index is 12.6. The molecular weight excluding hydrogens is 392 g/mol. The van der Waals surface area contributed by atoms with Gasteiger partial charge in [-0.15, -0.1) is 0 Å². The number of hydrogen-bond donors (Lipinski definition) is 2. The van der Waals surface area contributed by atoms with Crippen molar-refractivity contribution in [2.75, 3.05) is 14.2 Å². The zero-order valence-corrected chi connectivity index (χ0v) is 17.3. The first-order chi connectivity index (χ1) is 15.1. The summed E-state index contributed by atoms with van der Waals surface area (Å²) in [6, 6.07) is 22.1. The maximum Gasteiger partial charge on any atom is 0.186 e. The number of benzene rings is 2. The van der Waals surface area contributed by atoms with Crippen LogP contribution in [-0.2, 0) is 0 Å². The Morgan fingerprint density at radius 2 is 1.13 bits per heavy atom. The van der Waals surface area contributed by atoms with Crippen LogP contribution in [0.4, 0.5) is 0 Å². The molecule has 6 heteroatoms. The van der Waals surface area contributed by atoms with E-state index in [9.17, 15) is 9.59 Å². The van der Waals surface area contributed by atoms with Crippen LogP contribution in [0.1, 0.15) is 27.4 Å². The molecule has 156 valence electrons. The van der Waals surface area contributed by atoms with Crippen molar-refractivity contribution < 1.29 is 19.1 Å². The Labute approximate surface area is 179 Å². The molecule has 2 aromatic heterocycles. The monoisotopic (exact) mass is 414 g/mol. The molecule has 0 aliphatic carbocycles. The fraction of sp³-hybridized carbons (Fsp3) is 0.120. The molecule has 0 aliphatic heterocycles. The summed E-state index contributed by atoms with van der Waals surface area (Å²) >= 11 is 0. The van der Waals surface area contributed by atoms with E-state index in [0.29, 0.717) is 11.4 Å². The van der Waals surface area contributed by atoms with Crippen LogP contribution in [0, 0.1) is 0 Å². The molecule has 0 radical (unpaired) electrons. The average Bonchev–Trinajstić information content (AvgIpc) is 3.49. The molecule has 0 saturated carbocycles. The highest BCUT2D eigenvalue weighted by Gasteiger charge is 2.17. The molecule has 0 amide bonds. The van der Waals surface area contributed by atoms with Crippen LogP contribution in [0.2, 0.25) is 0 Å². The highest BCUT2D eigenvalue weighted by Crippen LogP contribution is 2.25. The predicted molar refractivity (Wildman–Crippen MR) is 119 cm³/mol. The minimum atomic E-state index is -0.267. The lowest BCUT2D eigenvalue weighted by Gasteiger charge is -2.03. The van der Waals surface area contributed by atoms with Crippen LogP contribution >= 0.6 is 0 Å². The molecule has 0 saturated heterocycles. The highest BCUT2D eigenvalue weighted by atomic mass is 16.5. The zero-order valence-electron chi connectivity index (χ0n) is 17.3. The van der Waals surface area contributed by atoms with E-state index < -0.39 is 0 Å². The minimum Gasteiger partial charge on any atom is -0.497 e. The number of carbonyl (C=O) groups is 2. The number of nitrogens with one attached hydrogen (secondary N) is 2. The van der Waals surface area contributed by atoms with Crippen molar-refractivity contribution in [2.45, 2.75) is 6.42 Å². The first-order valence-corrected chi connectivity index (χ1v) is 9.80. The Hall–Kier alpha value is -4.06. The molecule has 0 spiro atoms. The van der Waals surface area contributed by atoms with Crippen LogP contribution < -0.4 is 9.47 Å². The topological polar surface area (TPSA) is 84.2 Å². The van der Waals surface area contributed by atoms with E-state index in [4.69, 9.17) is 9.47 Å². The molecule has 0 fully saturated rings. The third-order valence-corrected chi connectivity index (χ3v) is 5.06. The number of H-pyrrole nitrogens is 2. The van der Waals surface area contributed by atoms with E-state index in [1.807, 2.05) is 60.7 Å². The van der Waals surface area contributed by atoms with Gasteiger partial charge in [-0.1, -0.05) is 24.3 Å². The second-order valence-corrected chi connectivity index (χ2v) is 7.06. The van der Waals surface area contributed by atoms with Gasteiger partial charge in [-0.05, 0) is 48.5 Å². The van der Waals surface area contributed by atoms with Gasteiger partial charge in [-0.25, -0.2) is 0 Å². The van der Waals surface area contributed by atoms with Crippen LogP contribution in [0.15, 0.2) is 72.8 Å². The van der Waals surface area contributed by atoms with Crippen molar-refractivity contribution in [3.8, 4) is 34.0 Å². The number of ketones is 2. The van der Waals surface area contributed by atoms with Crippen molar-refractivity contribution in [3.63, 3.8) is 0 Å². The SMILES string of the molecule is COc1cccc(-c2ccc(C(=O)CC(=O)c3ccc(-c4cccc(OC)c4)[nH]3)[nH]2)c1. The second-order valence-electron chi connectivity index (χ2n) is 7.06. The predicted octanol–water partition coefficient (Wildman–Crippen LogP) is 5.15. The average molecular weight is 414 g/mol. The van der Waals surface area contributed by atoms with Crippen molar-refractivity contribution in [1.82, 2.24) is 9.97 Å². The number of rotatable bonds is 8. The number of carbonyl (C=O) groups excluding carboxylic acids is 2. The van der Waals surface area contributed by atoms with Crippen molar-refractivity contribution >= 4 is 11.6 Å². The number of Topliss-reactive ketones (excluding diaryl/α,β-unsaturated/α-hetero) is 2. The molecule has 31 heavy (non-hydrogen) atoms. The molecule has 0 aliphatic rings. The fourth-order valence-corrected chi connectivity index (χ4v) is 3.37. The van der Waals surface area contributed by atoms with Gasteiger partial charge in [0.2, 0.25) is 0 Å². The lowest BCUT2D eigenvalue weighted by Crippen LogP contribution is -2.09. The third kappa shape index (κ3) is 4.43. The van der Waals surface area contributed by atoms with Gasteiger partial charge in [0.1, 0.15) is 11.5 Å². The fourth-order valence-electron chi connectivity index (χ4n) is 3.37. The van der Waals surface area contributed by atoms with Gasteiger partial charge >= 0.3 is 0 Å². The first-order valence-electron chi connectivity index (χ1n) is 9.80. The Balaban J connectivity index is 1.46. The van der Waals surface area contributed by atoms with E-state index in [0.717, 1.165) is 34.0 Å². The Bertz CT molecular complexity index is 1140. The Morgan fingerprint density at radius 3 is 1.55 bits per heavy atom. The largest absolute Gasteiger partial charge is 0.497 e. The molecule has 2 N–H and O–H groups in total. The molecule has 0 unspecified atom stereocenters. The number of methoxy groups -OCH3 is 2. The number of ether oxygens (including phenoxy) is 2. The highest BCUT2D eigenvalue weighted by molar-refractivity contribution is 6.12. The summed E-state index contributed by atoms with van der Waals surface area (Å²) in [4.78, 5) is 31.5. The van der Waals surface area contributed by atoms with Crippen molar-refractivity contribution in [1.29, 1.82) is 0 Å². The normalized spacial score (nSPS) is 10.6. The zero-order chi connectivity index (χ0) is 21.8. The van der Waals surface area contributed by atoms with E-state index in [2.05, 4.69) is 9.97 Å². The molecule has 0 bridgehead atoms. The smallest absolute Gasteiger partial charge is 0.186 e. The number of aromatic amines is 2. The van der Waals surface area contributed by atoms with Gasteiger partial charge < -0.3 is 19.4 Å². The summed E-state index contributed by atoms with van der Waals surface area (Å²) < 4.78 is 10.5. The molecule has 2 heterocycles. The van der Waals surface area contributed by atoms with Gasteiger partial charge in [-0.3, -0.25) is 9.59 Å². The summed E-state index contributed by atoms with van der Waals surface area (Å²) in [5.41, 5.74) is 4.16. The lowest BCUT2D eigenvalue weighted by atomic mass is 10.1. The van der Waals surface area contributed by atoms with Crippen LogP contribution in [0.25, 0.3) is 22.5 Å². The summed E-state index contributed by atoms with van der Waals surface area (Å²) in [7, 11) is 3.21. The Kier molecular flexibility index (Phi) is 5.71. The number of aromatic nitrogens is 2. The van der Waals surface area contributed by atoms with E-state index in [-0.39, 0.29) is 18.0 Å². The third-order valence-electron chi connectivity index (χ3n) is 5.06. The summed E-state index contributed by atoms with van der Waals surface area (Å²) in [6.07, 6.45) is -0.226. The minimum absolute atomic E-state index is 0.226. The lowest BCUT2D eigenvalue weighted by molar-refractivity contribution is 0.0889. The van der Waals surface area contributed by atoms with Crippen molar-refractivity contribution in [3.05, 3.63) is 84.2 Å². The molecule has 4 aromatic rings. The summed E-state index contributed by atoms with van der Waals surface area (Å²) in [5, 5.41) is 0. The Morgan fingerprint density at radius 1 is 0.677 bits per heavy atom. The quantitative estimate of drug-likeness (QED) is 0.308. The van der Waals surface area contributed by atoms with Gasteiger partial charge in [0.25, 0.3) is 0 Å². The summed E-state index contributed by atoms with van der Waals surface area (Å²) in [5.74, 6) is 0.927. The molecule has 6 nitrogen and oxygen atoms in total. The standard InChI is InChI=1S/C25H22N2O4/c1-30-18-7-3-5-16(13-18)20-9-11-22(26-20)24(28)15-25(29)23-12-10-21(27-23)17-6-4-8-19(14-17)31-2/h3-14,26-27H,15H2,1-2H3. The van der Waals surface area contributed by atoms with Crippen LogP contribution in [0.3, 0.4) is 0 Å². The van der Waals surface area contributed by atoms with Crippen LogP contribution in [0.5, 0.6) is 11.5 Å². The van der Waals surface area contributed by atoms with E-state index >= 15 is 0 Å². The first kappa shape index (κ1) is 20.2. The molecular formula is C25H22N2O4. The maximum atomic E-state index is 12.6. The molecule has 2 aromatic carbocycles.